The molecule has 1 aromatic carbocycles. The van der Waals surface area contributed by atoms with Crippen LogP contribution in [0.15, 0.2) is 30.3 Å². The number of hydrogen-bond donors (Lipinski definition) is 1. The molecule has 0 saturated heterocycles. The first kappa shape index (κ1) is 15.2. The Morgan fingerprint density at radius 1 is 1.24 bits per heavy atom. The van der Waals surface area contributed by atoms with Crippen LogP contribution >= 0.6 is 0 Å². The second-order valence-electron chi connectivity index (χ2n) is 3.44. The molecule has 1 rings (SSSR count). The molecule has 94 valence electrons. The van der Waals surface area contributed by atoms with Crippen LogP contribution in [0, 0.1) is 0 Å². The van der Waals surface area contributed by atoms with Gasteiger partial charge in [0.2, 0.25) is 0 Å². The zero-order valence-electron chi connectivity index (χ0n) is 10.2. The van der Waals surface area contributed by atoms with Crippen molar-refractivity contribution in [2.45, 2.75) is 13.8 Å². The molecule has 0 aromatic heterocycles. The van der Waals surface area contributed by atoms with Gasteiger partial charge in [0.1, 0.15) is 0 Å². The third-order valence-corrected chi connectivity index (χ3v) is 2.44. The van der Waals surface area contributed by atoms with E-state index in [-0.39, 0.29) is 5.48 Å². The van der Waals surface area contributed by atoms with Crippen LogP contribution in [0.1, 0.15) is 19.4 Å². The maximum Gasteiger partial charge on any atom is 0.328 e. The standard InChI is InChI=1S/C13H17NO2.H2O/c1-3-14(4-2)12-8-5-11(6-9-12)7-10-13(15)16;/h5-10H,3-4H2,1-2H3,(H,15,16);1H2/b10-7+;. The summed E-state index contributed by atoms with van der Waals surface area (Å²) in [5.74, 6) is -0.923. The van der Waals surface area contributed by atoms with Crippen molar-refractivity contribution < 1.29 is 15.4 Å². The lowest BCUT2D eigenvalue weighted by Crippen LogP contribution is -2.21. The number of carboxylic acid groups (broad SMARTS) is 1. The summed E-state index contributed by atoms with van der Waals surface area (Å²) in [7, 11) is 0. The van der Waals surface area contributed by atoms with Gasteiger partial charge >= 0.3 is 5.97 Å². The van der Waals surface area contributed by atoms with Crippen molar-refractivity contribution in [3.63, 3.8) is 0 Å². The summed E-state index contributed by atoms with van der Waals surface area (Å²) in [4.78, 5) is 12.6. The third kappa shape index (κ3) is 4.70. The summed E-state index contributed by atoms with van der Waals surface area (Å²) >= 11 is 0. The maximum atomic E-state index is 10.3. The molecule has 4 nitrogen and oxygen atoms in total. The minimum absolute atomic E-state index is 0. The van der Waals surface area contributed by atoms with Crippen molar-refractivity contribution in [3.05, 3.63) is 35.9 Å². The maximum absolute atomic E-state index is 10.3. The van der Waals surface area contributed by atoms with Crippen LogP contribution in [-0.4, -0.2) is 29.6 Å². The molecule has 0 fully saturated rings. The van der Waals surface area contributed by atoms with E-state index in [1.54, 1.807) is 6.08 Å². The van der Waals surface area contributed by atoms with Gasteiger partial charge in [-0.25, -0.2) is 4.79 Å². The lowest BCUT2D eigenvalue weighted by atomic mass is 10.2. The van der Waals surface area contributed by atoms with Crippen molar-refractivity contribution in [3.8, 4) is 0 Å². The Labute approximate surface area is 101 Å². The van der Waals surface area contributed by atoms with Crippen LogP contribution in [-0.2, 0) is 4.79 Å². The number of nitrogens with zero attached hydrogens (tertiary/aromatic N) is 1. The van der Waals surface area contributed by atoms with Gasteiger partial charge in [-0.1, -0.05) is 12.1 Å². The highest BCUT2D eigenvalue weighted by molar-refractivity contribution is 5.85. The molecular formula is C13H19NO3. The summed E-state index contributed by atoms with van der Waals surface area (Å²) in [6, 6.07) is 7.86. The molecule has 17 heavy (non-hydrogen) atoms. The van der Waals surface area contributed by atoms with Crippen molar-refractivity contribution in [2.24, 2.45) is 0 Å². The van der Waals surface area contributed by atoms with Gasteiger partial charge < -0.3 is 15.5 Å². The van der Waals surface area contributed by atoms with Crippen molar-refractivity contribution in [1.82, 2.24) is 0 Å². The SMILES string of the molecule is CCN(CC)c1ccc(/C=C/C(=O)O)cc1.O. The lowest BCUT2D eigenvalue weighted by Gasteiger charge is -2.20. The van der Waals surface area contributed by atoms with Crippen LogP contribution in [0.5, 0.6) is 0 Å². The first-order valence-electron chi connectivity index (χ1n) is 5.43. The molecule has 1 aromatic rings. The minimum atomic E-state index is -0.923. The molecule has 0 saturated carbocycles. The Bertz CT molecular complexity index is 367. The molecule has 0 radical (unpaired) electrons. The van der Waals surface area contributed by atoms with Gasteiger partial charge in [0.25, 0.3) is 0 Å². The van der Waals surface area contributed by atoms with E-state index >= 15 is 0 Å². The number of rotatable bonds is 5. The van der Waals surface area contributed by atoms with E-state index in [2.05, 4.69) is 18.7 Å². The van der Waals surface area contributed by atoms with E-state index in [0.29, 0.717) is 0 Å². The fourth-order valence-electron chi connectivity index (χ4n) is 1.55. The molecule has 0 aliphatic heterocycles. The molecule has 0 unspecified atom stereocenters. The molecule has 0 aliphatic carbocycles. The predicted molar refractivity (Wildman–Crippen MR) is 70.3 cm³/mol. The molecule has 4 heteroatoms. The van der Waals surface area contributed by atoms with Gasteiger partial charge in [0.15, 0.2) is 0 Å². The van der Waals surface area contributed by atoms with E-state index < -0.39 is 5.97 Å². The lowest BCUT2D eigenvalue weighted by molar-refractivity contribution is -0.131. The normalized spacial score (nSPS) is 10.0. The Hall–Kier alpha value is -1.81. The van der Waals surface area contributed by atoms with Crippen LogP contribution in [0.4, 0.5) is 5.69 Å². The molecular weight excluding hydrogens is 218 g/mol. The van der Waals surface area contributed by atoms with E-state index in [4.69, 9.17) is 5.11 Å². The fourth-order valence-corrected chi connectivity index (χ4v) is 1.55. The minimum Gasteiger partial charge on any atom is -0.478 e. The first-order chi connectivity index (χ1) is 7.67. The number of carboxylic acids is 1. The summed E-state index contributed by atoms with van der Waals surface area (Å²) < 4.78 is 0. The molecule has 0 atom stereocenters. The zero-order valence-corrected chi connectivity index (χ0v) is 10.2. The highest BCUT2D eigenvalue weighted by Gasteiger charge is 2.00. The van der Waals surface area contributed by atoms with E-state index in [0.717, 1.165) is 30.4 Å². The smallest absolute Gasteiger partial charge is 0.328 e. The van der Waals surface area contributed by atoms with E-state index in [1.807, 2.05) is 24.3 Å². The molecule has 0 bridgehead atoms. The van der Waals surface area contributed by atoms with E-state index in [9.17, 15) is 4.79 Å². The number of hydrogen-bond acceptors (Lipinski definition) is 2. The first-order valence-corrected chi connectivity index (χ1v) is 5.43. The Morgan fingerprint density at radius 2 is 1.76 bits per heavy atom. The largest absolute Gasteiger partial charge is 0.478 e. The number of anilines is 1. The molecule has 0 aliphatic rings. The van der Waals surface area contributed by atoms with Crippen molar-refractivity contribution in [2.75, 3.05) is 18.0 Å². The predicted octanol–water partition coefficient (Wildman–Crippen LogP) is 1.81. The molecule has 0 heterocycles. The summed E-state index contributed by atoms with van der Waals surface area (Å²) in [6.45, 7) is 6.17. The Morgan fingerprint density at radius 3 is 2.18 bits per heavy atom. The van der Waals surface area contributed by atoms with Crippen LogP contribution in [0.3, 0.4) is 0 Å². The van der Waals surface area contributed by atoms with Gasteiger partial charge in [-0.3, -0.25) is 0 Å². The van der Waals surface area contributed by atoms with Crippen LogP contribution < -0.4 is 4.90 Å². The Balaban J connectivity index is 0.00000256. The monoisotopic (exact) mass is 237 g/mol. The summed E-state index contributed by atoms with van der Waals surface area (Å²) in [6.07, 6.45) is 2.74. The number of carbonyl (C=O) groups is 1. The average molecular weight is 237 g/mol. The summed E-state index contributed by atoms with van der Waals surface area (Å²) in [5, 5.41) is 8.50. The quantitative estimate of drug-likeness (QED) is 0.794. The van der Waals surface area contributed by atoms with Crippen molar-refractivity contribution >= 4 is 17.7 Å². The topological polar surface area (TPSA) is 72.0 Å². The van der Waals surface area contributed by atoms with Gasteiger partial charge in [-0.2, -0.15) is 0 Å². The second-order valence-corrected chi connectivity index (χ2v) is 3.44. The Kier molecular flexibility index (Phi) is 6.67. The number of aliphatic carboxylic acids is 1. The van der Waals surface area contributed by atoms with Crippen molar-refractivity contribution in [1.29, 1.82) is 0 Å². The van der Waals surface area contributed by atoms with Crippen LogP contribution in [0.25, 0.3) is 6.08 Å². The highest BCUT2D eigenvalue weighted by atomic mass is 16.4. The third-order valence-electron chi connectivity index (χ3n) is 2.44. The van der Waals surface area contributed by atoms with Gasteiger partial charge in [-0.05, 0) is 37.6 Å². The average Bonchev–Trinajstić information content (AvgIpc) is 2.29. The second kappa shape index (κ2) is 7.46. The van der Waals surface area contributed by atoms with E-state index in [1.165, 1.54) is 0 Å². The summed E-state index contributed by atoms with van der Waals surface area (Å²) in [5.41, 5.74) is 2.07. The molecule has 0 spiro atoms. The fraction of sp³-hybridized carbons (Fsp3) is 0.308. The molecule has 3 N–H and O–H groups in total. The highest BCUT2D eigenvalue weighted by Crippen LogP contribution is 2.15. The van der Waals surface area contributed by atoms with Gasteiger partial charge in [0.05, 0.1) is 0 Å². The molecule has 0 amide bonds. The van der Waals surface area contributed by atoms with Gasteiger partial charge in [-0.15, -0.1) is 0 Å². The zero-order chi connectivity index (χ0) is 12.0. The van der Waals surface area contributed by atoms with Crippen LogP contribution in [0.2, 0.25) is 0 Å². The van der Waals surface area contributed by atoms with Gasteiger partial charge in [0, 0.05) is 24.9 Å². The number of benzene rings is 1.